The lowest BCUT2D eigenvalue weighted by atomic mass is 9.93. The Morgan fingerprint density at radius 1 is 1.13 bits per heavy atom. The SMILES string of the molecule is CS(=O)(=O)C1(C(=O)NCC2(c3ccccc3)CC2)CCNCC1. The van der Waals surface area contributed by atoms with Gasteiger partial charge < -0.3 is 10.6 Å². The van der Waals surface area contributed by atoms with E-state index in [1.807, 2.05) is 18.2 Å². The van der Waals surface area contributed by atoms with Crippen LogP contribution in [0.1, 0.15) is 31.2 Å². The van der Waals surface area contributed by atoms with Crippen LogP contribution in [0.4, 0.5) is 0 Å². The number of rotatable bonds is 5. The molecular formula is C17H24N2O3S. The van der Waals surface area contributed by atoms with E-state index in [2.05, 4.69) is 22.8 Å². The molecule has 1 aromatic carbocycles. The van der Waals surface area contributed by atoms with Crippen molar-refractivity contribution < 1.29 is 13.2 Å². The third-order valence-electron chi connectivity index (χ3n) is 5.36. The molecule has 6 heteroatoms. The Kier molecular flexibility index (Phi) is 4.23. The van der Waals surface area contributed by atoms with Gasteiger partial charge in [-0.2, -0.15) is 0 Å². The van der Waals surface area contributed by atoms with Crippen molar-refractivity contribution >= 4 is 15.7 Å². The summed E-state index contributed by atoms with van der Waals surface area (Å²) in [6, 6.07) is 10.1. The van der Waals surface area contributed by atoms with Gasteiger partial charge in [0, 0.05) is 18.2 Å². The van der Waals surface area contributed by atoms with Crippen LogP contribution in [0.15, 0.2) is 30.3 Å². The second kappa shape index (κ2) is 5.91. The van der Waals surface area contributed by atoms with Crippen LogP contribution in [0.5, 0.6) is 0 Å². The minimum atomic E-state index is -3.45. The summed E-state index contributed by atoms with van der Waals surface area (Å²) in [4.78, 5) is 12.8. The maximum absolute atomic E-state index is 12.8. The summed E-state index contributed by atoms with van der Waals surface area (Å²) in [6.45, 7) is 1.63. The predicted molar refractivity (Wildman–Crippen MR) is 90.0 cm³/mol. The van der Waals surface area contributed by atoms with Crippen LogP contribution >= 0.6 is 0 Å². The van der Waals surface area contributed by atoms with Crippen molar-refractivity contribution in [2.24, 2.45) is 0 Å². The molecule has 0 radical (unpaired) electrons. The largest absolute Gasteiger partial charge is 0.354 e. The molecule has 23 heavy (non-hydrogen) atoms. The number of carbonyl (C=O) groups excluding carboxylic acids is 1. The van der Waals surface area contributed by atoms with Crippen LogP contribution < -0.4 is 10.6 Å². The van der Waals surface area contributed by atoms with Gasteiger partial charge in [-0.3, -0.25) is 4.79 Å². The molecule has 5 nitrogen and oxygen atoms in total. The molecular weight excluding hydrogens is 312 g/mol. The standard InChI is InChI=1S/C17H24N2O3S/c1-23(21,22)17(9-11-18-12-10-17)15(20)19-13-16(7-8-16)14-5-3-2-4-6-14/h2-6,18H,7-13H2,1H3,(H,19,20). The van der Waals surface area contributed by atoms with Gasteiger partial charge in [0.05, 0.1) is 0 Å². The molecule has 0 bridgehead atoms. The zero-order valence-electron chi connectivity index (χ0n) is 13.5. The molecule has 0 atom stereocenters. The molecule has 1 saturated heterocycles. The Hall–Kier alpha value is -1.40. The molecule has 3 rings (SSSR count). The van der Waals surface area contributed by atoms with Gasteiger partial charge in [0.15, 0.2) is 14.6 Å². The van der Waals surface area contributed by atoms with Crippen molar-refractivity contribution in [1.82, 2.24) is 10.6 Å². The summed E-state index contributed by atoms with van der Waals surface area (Å²) in [7, 11) is -3.45. The van der Waals surface area contributed by atoms with E-state index in [0.717, 1.165) is 12.8 Å². The summed E-state index contributed by atoms with van der Waals surface area (Å²) in [5, 5.41) is 6.09. The highest BCUT2D eigenvalue weighted by Crippen LogP contribution is 2.47. The number of benzene rings is 1. The molecule has 126 valence electrons. The number of hydrogen-bond donors (Lipinski definition) is 2. The Balaban J connectivity index is 1.74. The number of carbonyl (C=O) groups is 1. The van der Waals surface area contributed by atoms with E-state index in [1.54, 1.807) is 0 Å². The van der Waals surface area contributed by atoms with Crippen molar-refractivity contribution in [2.75, 3.05) is 25.9 Å². The Labute approximate surface area is 137 Å². The van der Waals surface area contributed by atoms with Crippen molar-refractivity contribution in [2.45, 2.75) is 35.8 Å². The second-order valence-corrected chi connectivity index (χ2v) is 9.17. The fourth-order valence-corrected chi connectivity index (χ4v) is 4.87. The highest BCUT2D eigenvalue weighted by molar-refractivity contribution is 7.92. The minimum Gasteiger partial charge on any atom is -0.354 e. The summed E-state index contributed by atoms with van der Waals surface area (Å²) >= 11 is 0. The van der Waals surface area contributed by atoms with Gasteiger partial charge in [0.25, 0.3) is 0 Å². The summed E-state index contributed by atoms with van der Waals surface area (Å²) in [5.74, 6) is -0.330. The van der Waals surface area contributed by atoms with E-state index < -0.39 is 14.6 Å². The maximum Gasteiger partial charge on any atom is 0.241 e. The van der Waals surface area contributed by atoms with Crippen LogP contribution in [0.3, 0.4) is 0 Å². The van der Waals surface area contributed by atoms with Gasteiger partial charge >= 0.3 is 0 Å². The molecule has 2 N–H and O–H groups in total. The van der Waals surface area contributed by atoms with Crippen LogP contribution in [-0.2, 0) is 20.0 Å². The Morgan fingerprint density at radius 2 is 1.74 bits per heavy atom. The lowest BCUT2D eigenvalue weighted by molar-refractivity contribution is -0.124. The highest BCUT2D eigenvalue weighted by Gasteiger charge is 2.50. The molecule has 1 aliphatic carbocycles. The zero-order valence-corrected chi connectivity index (χ0v) is 14.3. The Bertz CT molecular complexity index is 675. The van der Waals surface area contributed by atoms with Crippen molar-refractivity contribution in [3.8, 4) is 0 Å². The third kappa shape index (κ3) is 3.02. The lowest BCUT2D eigenvalue weighted by Gasteiger charge is -2.34. The van der Waals surface area contributed by atoms with Crippen LogP contribution in [-0.4, -0.2) is 45.0 Å². The number of hydrogen-bond acceptors (Lipinski definition) is 4. The van der Waals surface area contributed by atoms with Gasteiger partial charge in [-0.15, -0.1) is 0 Å². The molecule has 1 aromatic rings. The van der Waals surface area contributed by atoms with Gasteiger partial charge in [0.2, 0.25) is 5.91 Å². The average Bonchev–Trinajstić information content (AvgIpc) is 3.34. The smallest absolute Gasteiger partial charge is 0.241 e. The molecule has 0 unspecified atom stereocenters. The highest BCUT2D eigenvalue weighted by atomic mass is 32.2. The molecule has 2 fully saturated rings. The van der Waals surface area contributed by atoms with Crippen LogP contribution in [0.25, 0.3) is 0 Å². The first-order chi connectivity index (χ1) is 10.9. The van der Waals surface area contributed by atoms with E-state index in [0.29, 0.717) is 32.5 Å². The molecule has 1 aliphatic heterocycles. The van der Waals surface area contributed by atoms with Gasteiger partial charge in [-0.1, -0.05) is 30.3 Å². The first-order valence-corrected chi connectivity index (χ1v) is 10.0. The number of sulfone groups is 1. The first kappa shape index (κ1) is 16.5. The topological polar surface area (TPSA) is 75.3 Å². The van der Waals surface area contributed by atoms with Crippen LogP contribution in [0, 0.1) is 0 Å². The third-order valence-corrected chi connectivity index (χ3v) is 7.38. The van der Waals surface area contributed by atoms with E-state index in [1.165, 1.54) is 11.8 Å². The van der Waals surface area contributed by atoms with Gasteiger partial charge in [0.1, 0.15) is 0 Å². The molecule has 1 heterocycles. The first-order valence-electron chi connectivity index (χ1n) is 8.14. The van der Waals surface area contributed by atoms with Crippen molar-refractivity contribution in [1.29, 1.82) is 0 Å². The molecule has 0 spiro atoms. The lowest BCUT2D eigenvalue weighted by Crippen LogP contribution is -2.58. The summed E-state index contributed by atoms with van der Waals surface area (Å²) < 4.78 is 23.3. The van der Waals surface area contributed by atoms with E-state index >= 15 is 0 Å². The zero-order chi connectivity index (χ0) is 16.6. The fraction of sp³-hybridized carbons (Fsp3) is 0.588. The average molecular weight is 336 g/mol. The van der Waals surface area contributed by atoms with E-state index in [-0.39, 0.29) is 11.3 Å². The van der Waals surface area contributed by atoms with Crippen molar-refractivity contribution in [3.63, 3.8) is 0 Å². The number of nitrogens with one attached hydrogen (secondary N) is 2. The predicted octanol–water partition coefficient (Wildman–Crippen LogP) is 1.00. The fourth-order valence-electron chi connectivity index (χ4n) is 3.52. The monoisotopic (exact) mass is 336 g/mol. The van der Waals surface area contributed by atoms with Crippen molar-refractivity contribution in [3.05, 3.63) is 35.9 Å². The Morgan fingerprint density at radius 3 is 2.26 bits per heavy atom. The maximum atomic E-state index is 12.8. The molecule has 0 aromatic heterocycles. The minimum absolute atomic E-state index is 0.0114. The number of piperidine rings is 1. The van der Waals surface area contributed by atoms with Gasteiger partial charge in [-0.05, 0) is 44.3 Å². The van der Waals surface area contributed by atoms with Crippen LogP contribution in [0.2, 0.25) is 0 Å². The second-order valence-electron chi connectivity index (χ2n) is 6.85. The van der Waals surface area contributed by atoms with Gasteiger partial charge in [-0.25, -0.2) is 8.42 Å². The normalized spacial score (nSPS) is 22.3. The number of amides is 1. The molecule has 2 aliphatic rings. The molecule has 1 saturated carbocycles. The van der Waals surface area contributed by atoms with E-state index in [9.17, 15) is 13.2 Å². The summed E-state index contributed by atoms with van der Waals surface area (Å²) in [6.07, 6.45) is 3.93. The van der Waals surface area contributed by atoms with E-state index in [4.69, 9.17) is 0 Å². The molecule has 1 amide bonds. The summed E-state index contributed by atoms with van der Waals surface area (Å²) in [5.41, 5.74) is 1.21. The quantitative estimate of drug-likeness (QED) is 0.841.